The molecule has 3 fully saturated rings. The second-order valence-electron chi connectivity index (χ2n) is 8.89. The Bertz CT molecular complexity index is 1310. The molecule has 5 heterocycles. The molecule has 3 aromatic rings. The molecule has 3 saturated heterocycles. The van der Waals surface area contributed by atoms with Gasteiger partial charge in [0.05, 0.1) is 46.5 Å². The van der Waals surface area contributed by atoms with Crippen LogP contribution in [0, 0.1) is 0 Å². The molecule has 0 spiro atoms. The maximum atomic E-state index is 11.7. The first-order valence-electron chi connectivity index (χ1n) is 11.2. The normalized spacial score (nSPS) is 28.4. The Morgan fingerprint density at radius 3 is 2.59 bits per heavy atom. The lowest BCUT2D eigenvalue weighted by atomic mass is 10.1. The third-order valence-electron chi connectivity index (χ3n) is 6.64. The number of aromatic amines is 1. The fourth-order valence-corrected chi connectivity index (χ4v) is 6.24. The van der Waals surface area contributed by atoms with Gasteiger partial charge in [0.15, 0.2) is 21.8 Å². The number of anilines is 1. The van der Waals surface area contributed by atoms with Crippen LogP contribution in [0.3, 0.4) is 0 Å². The molecule has 3 aliphatic rings. The molecule has 3 aliphatic heterocycles. The fraction of sp³-hybridized carbons (Fsp3) is 0.435. The van der Waals surface area contributed by atoms with Gasteiger partial charge in [-0.15, -0.1) is 0 Å². The number of pyridine rings is 1. The van der Waals surface area contributed by atoms with E-state index in [1.807, 2.05) is 36.4 Å². The van der Waals surface area contributed by atoms with Gasteiger partial charge >= 0.3 is 0 Å². The molecule has 9 nitrogen and oxygen atoms in total. The standard InChI is InChI=1S/C23H24ClN3O6S/c24-15-9-16-17(10-20(25-16)33-19-12-32-22-18(28)11-31-23(19)22)26-21(15)13-1-3-14(4-2-13)27-5-7-34(29,30)8-6-27/h1-4,9-10,18-19,22-23,25,28H,5-8,11-12H2/t18-,19-,22?,23?/m1/s1. The molecule has 0 aliphatic carbocycles. The number of H-pyrrole nitrogens is 1. The lowest BCUT2D eigenvalue weighted by Crippen LogP contribution is -2.40. The minimum absolute atomic E-state index is 0.178. The lowest BCUT2D eigenvalue weighted by Gasteiger charge is -2.28. The molecule has 0 bridgehead atoms. The Hall–Kier alpha value is -2.37. The third kappa shape index (κ3) is 4.03. The molecule has 4 atom stereocenters. The van der Waals surface area contributed by atoms with Crippen LogP contribution in [0.1, 0.15) is 0 Å². The Morgan fingerprint density at radius 2 is 1.82 bits per heavy atom. The monoisotopic (exact) mass is 505 g/mol. The number of aliphatic hydroxyl groups is 1. The maximum absolute atomic E-state index is 11.7. The van der Waals surface area contributed by atoms with Gasteiger partial charge in [0.25, 0.3) is 0 Å². The molecule has 11 heteroatoms. The number of hydrogen-bond donors (Lipinski definition) is 2. The van der Waals surface area contributed by atoms with Crippen molar-refractivity contribution in [3.63, 3.8) is 0 Å². The Balaban J connectivity index is 1.21. The summed E-state index contributed by atoms with van der Waals surface area (Å²) >= 11 is 6.56. The first-order valence-corrected chi connectivity index (χ1v) is 13.4. The van der Waals surface area contributed by atoms with Gasteiger partial charge in [-0.25, -0.2) is 13.4 Å². The highest BCUT2D eigenvalue weighted by Crippen LogP contribution is 2.34. The van der Waals surface area contributed by atoms with Crippen molar-refractivity contribution < 1.29 is 27.7 Å². The average molecular weight is 506 g/mol. The van der Waals surface area contributed by atoms with Crippen LogP contribution < -0.4 is 9.64 Å². The summed E-state index contributed by atoms with van der Waals surface area (Å²) in [6, 6.07) is 11.5. The first kappa shape index (κ1) is 22.1. The van der Waals surface area contributed by atoms with Gasteiger partial charge in [-0.2, -0.15) is 0 Å². The predicted octanol–water partition coefficient (Wildman–Crippen LogP) is 2.02. The Morgan fingerprint density at radius 1 is 1.09 bits per heavy atom. The minimum Gasteiger partial charge on any atom is -0.470 e. The summed E-state index contributed by atoms with van der Waals surface area (Å²) in [7, 11) is -2.92. The Kier molecular flexibility index (Phi) is 5.45. The first-order chi connectivity index (χ1) is 16.4. The summed E-state index contributed by atoms with van der Waals surface area (Å²) in [6.45, 7) is 1.58. The molecule has 0 saturated carbocycles. The van der Waals surface area contributed by atoms with Gasteiger partial charge in [0.2, 0.25) is 0 Å². The number of halogens is 1. The molecular formula is C23H24ClN3O6S. The van der Waals surface area contributed by atoms with Crippen molar-refractivity contribution in [2.24, 2.45) is 0 Å². The van der Waals surface area contributed by atoms with Gasteiger partial charge in [-0.3, -0.25) is 0 Å². The van der Waals surface area contributed by atoms with E-state index in [-0.39, 0.29) is 36.4 Å². The molecule has 2 unspecified atom stereocenters. The van der Waals surface area contributed by atoms with E-state index in [9.17, 15) is 13.5 Å². The highest BCUT2D eigenvalue weighted by Gasteiger charge is 2.48. The summed E-state index contributed by atoms with van der Waals surface area (Å²) < 4.78 is 40.7. The summed E-state index contributed by atoms with van der Waals surface area (Å²) in [5.74, 6) is 0.889. The highest BCUT2D eigenvalue weighted by atomic mass is 35.5. The van der Waals surface area contributed by atoms with Crippen molar-refractivity contribution in [3.05, 3.63) is 41.4 Å². The number of nitrogens with one attached hydrogen (secondary N) is 1. The molecule has 34 heavy (non-hydrogen) atoms. The highest BCUT2D eigenvalue weighted by molar-refractivity contribution is 7.91. The number of ether oxygens (including phenoxy) is 3. The van der Waals surface area contributed by atoms with Crippen molar-refractivity contribution >= 4 is 38.2 Å². The molecule has 0 radical (unpaired) electrons. The zero-order chi connectivity index (χ0) is 23.4. The van der Waals surface area contributed by atoms with E-state index in [1.54, 1.807) is 0 Å². The SMILES string of the molecule is O=S1(=O)CCN(c2ccc(-c3nc4cc(O[C@@H]5COC6C5OC[C@H]6O)[nH]c4cc3Cl)cc2)CC1. The maximum Gasteiger partial charge on any atom is 0.193 e. The molecule has 1 aromatic carbocycles. The van der Waals surface area contributed by atoms with E-state index < -0.39 is 15.9 Å². The quantitative estimate of drug-likeness (QED) is 0.553. The van der Waals surface area contributed by atoms with E-state index in [4.69, 9.17) is 30.8 Å². The topological polar surface area (TPSA) is 114 Å². The smallest absolute Gasteiger partial charge is 0.193 e. The van der Waals surface area contributed by atoms with Crippen molar-refractivity contribution in [3.8, 4) is 17.1 Å². The van der Waals surface area contributed by atoms with Crippen LogP contribution in [-0.4, -0.2) is 85.7 Å². The lowest BCUT2D eigenvalue weighted by molar-refractivity contribution is 0.00794. The number of hydrogen-bond acceptors (Lipinski definition) is 8. The number of benzene rings is 1. The van der Waals surface area contributed by atoms with Gasteiger partial charge < -0.3 is 29.2 Å². The summed E-state index contributed by atoms with van der Waals surface area (Å²) in [5, 5.41) is 10.4. The van der Waals surface area contributed by atoms with Crippen LogP contribution in [0.25, 0.3) is 22.3 Å². The van der Waals surface area contributed by atoms with Crippen molar-refractivity contribution in [1.29, 1.82) is 0 Å². The van der Waals surface area contributed by atoms with E-state index in [0.717, 1.165) is 16.8 Å². The van der Waals surface area contributed by atoms with Crippen LogP contribution >= 0.6 is 11.6 Å². The van der Waals surface area contributed by atoms with Crippen LogP contribution in [0.15, 0.2) is 36.4 Å². The molecule has 2 N–H and O–H groups in total. The Labute approximate surface area is 201 Å². The molecule has 2 aromatic heterocycles. The summed E-state index contributed by atoms with van der Waals surface area (Å²) in [5.41, 5.74) is 3.95. The number of rotatable bonds is 4. The second-order valence-corrected chi connectivity index (χ2v) is 11.6. The predicted molar refractivity (Wildman–Crippen MR) is 127 cm³/mol. The largest absolute Gasteiger partial charge is 0.470 e. The fourth-order valence-electron chi connectivity index (χ4n) is 4.78. The molecule has 0 amide bonds. The van der Waals surface area contributed by atoms with Gasteiger partial charge in [0.1, 0.15) is 18.3 Å². The van der Waals surface area contributed by atoms with E-state index in [0.29, 0.717) is 41.8 Å². The number of nitrogens with zero attached hydrogens (tertiary/aromatic N) is 2. The van der Waals surface area contributed by atoms with Crippen molar-refractivity contribution in [1.82, 2.24) is 9.97 Å². The number of aliphatic hydroxyl groups excluding tert-OH is 1. The zero-order valence-electron chi connectivity index (χ0n) is 18.2. The van der Waals surface area contributed by atoms with E-state index in [2.05, 4.69) is 9.88 Å². The number of fused-ring (bicyclic) bond motifs is 2. The molecule has 6 rings (SSSR count). The molecule has 180 valence electrons. The third-order valence-corrected chi connectivity index (χ3v) is 8.54. The van der Waals surface area contributed by atoms with Gasteiger partial charge in [-0.1, -0.05) is 23.7 Å². The number of sulfone groups is 1. The van der Waals surface area contributed by atoms with Crippen LogP contribution in [-0.2, 0) is 19.3 Å². The van der Waals surface area contributed by atoms with Crippen molar-refractivity contribution in [2.45, 2.75) is 24.4 Å². The number of aromatic nitrogens is 2. The summed E-state index contributed by atoms with van der Waals surface area (Å²) in [4.78, 5) is 10.0. The molecular weight excluding hydrogens is 482 g/mol. The van der Waals surface area contributed by atoms with E-state index >= 15 is 0 Å². The van der Waals surface area contributed by atoms with Crippen LogP contribution in [0.5, 0.6) is 5.88 Å². The van der Waals surface area contributed by atoms with Gasteiger partial charge in [-0.05, 0) is 18.2 Å². The zero-order valence-corrected chi connectivity index (χ0v) is 19.8. The van der Waals surface area contributed by atoms with Crippen LogP contribution in [0.4, 0.5) is 5.69 Å². The van der Waals surface area contributed by atoms with E-state index in [1.165, 1.54) is 0 Å². The second kappa shape index (κ2) is 8.39. The average Bonchev–Trinajstić information content (AvgIpc) is 3.50. The minimum atomic E-state index is -2.92. The summed E-state index contributed by atoms with van der Waals surface area (Å²) in [6.07, 6.45) is -1.60. The van der Waals surface area contributed by atoms with Crippen LogP contribution in [0.2, 0.25) is 5.02 Å². The van der Waals surface area contributed by atoms with Crippen molar-refractivity contribution in [2.75, 3.05) is 42.7 Å². The van der Waals surface area contributed by atoms with Gasteiger partial charge in [0, 0.05) is 30.4 Å².